The second kappa shape index (κ2) is 5.63. The van der Waals surface area contributed by atoms with E-state index in [-0.39, 0.29) is 11.8 Å². The summed E-state index contributed by atoms with van der Waals surface area (Å²) in [7, 11) is 0. The second-order valence-corrected chi connectivity index (χ2v) is 6.06. The lowest BCUT2D eigenvalue weighted by atomic mass is 9.81. The SMILES string of the molecule is N#CC1=C(N)OC2=C(COc3ccc(Cl)cc32)[C@@H]1c1ccccc1. The van der Waals surface area contributed by atoms with E-state index in [0.717, 1.165) is 16.7 Å². The Morgan fingerprint density at radius 1 is 1.17 bits per heavy atom. The van der Waals surface area contributed by atoms with Crippen molar-refractivity contribution in [2.24, 2.45) is 5.73 Å². The maximum absolute atomic E-state index is 9.57. The van der Waals surface area contributed by atoms with Crippen LogP contribution < -0.4 is 10.5 Å². The maximum Gasteiger partial charge on any atom is 0.205 e. The van der Waals surface area contributed by atoms with Gasteiger partial charge in [-0.25, -0.2) is 0 Å². The molecule has 5 heteroatoms. The topological polar surface area (TPSA) is 68.3 Å². The van der Waals surface area contributed by atoms with E-state index < -0.39 is 0 Å². The zero-order valence-corrected chi connectivity index (χ0v) is 13.4. The van der Waals surface area contributed by atoms with Crippen LogP contribution >= 0.6 is 11.6 Å². The zero-order chi connectivity index (χ0) is 16.7. The average molecular weight is 337 g/mol. The van der Waals surface area contributed by atoms with Crippen molar-refractivity contribution >= 4 is 17.4 Å². The van der Waals surface area contributed by atoms with Crippen LogP contribution in [0.1, 0.15) is 17.0 Å². The molecular formula is C19H13ClN2O2. The minimum atomic E-state index is -0.285. The molecular weight excluding hydrogens is 324 g/mol. The third-order valence-electron chi connectivity index (χ3n) is 4.23. The summed E-state index contributed by atoms with van der Waals surface area (Å²) >= 11 is 6.12. The van der Waals surface area contributed by atoms with E-state index in [1.165, 1.54) is 0 Å². The van der Waals surface area contributed by atoms with Crippen LogP contribution in [-0.2, 0) is 4.74 Å². The number of nitrogens with two attached hydrogens (primary N) is 1. The molecule has 0 radical (unpaired) electrons. The summed E-state index contributed by atoms with van der Waals surface area (Å²) in [4.78, 5) is 0. The number of hydrogen-bond donors (Lipinski definition) is 1. The van der Waals surface area contributed by atoms with Crippen molar-refractivity contribution in [2.45, 2.75) is 5.92 Å². The summed E-state index contributed by atoms with van der Waals surface area (Å²) in [5.41, 5.74) is 9.05. The van der Waals surface area contributed by atoms with Crippen LogP contribution in [0, 0.1) is 11.3 Å². The Morgan fingerprint density at radius 3 is 2.71 bits per heavy atom. The molecule has 2 heterocycles. The minimum absolute atomic E-state index is 0.123. The number of fused-ring (bicyclic) bond motifs is 2. The Bertz CT molecular complexity index is 926. The molecule has 4 nitrogen and oxygen atoms in total. The first-order chi connectivity index (χ1) is 11.7. The Balaban J connectivity index is 1.93. The number of allylic oxidation sites excluding steroid dienone is 1. The molecule has 0 unspecified atom stereocenters. The molecule has 24 heavy (non-hydrogen) atoms. The minimum Gasteiger partial charge on any atom is -0.488 e. The molecule has 1 atom stereocenters. The number of rotatable bonds is 1. The van der Waals surface area contributed by atoms with Crippen LogP contribution in [0.2, 0.25) is 5.02 Å². The predicted molar refractivity (Wildman–Crippen MR) is 91.0 cm³/mol. The number of ether oxygens (including phenoxy) is 2. The number of hydrogen-bond acceptors (Lipinski definition) is 4. The van der Waals surface area contributed by atoms with Crippen molar-refractivity contribution in [2.75, 3.05) is 6.61 Å². The molecule has 2 aliphatic rings. The molecule has 2 aromatic carbocycles. The summed E-state index contributed by atoms with van der Waals surface area (Å²) in [6, 6.07) is 17.3. The fourth-order valence-corrected chi connectivity index (χ4v) is 3.32. The number of nitrogens with zero attached hydrogens (tertiary/aromatic N) is 1. The van der Waals surface area contributed by atoms with Gasteiger partial charge in [0.05, 0.1) is 11.5 Å². The standard InChI is InChI=1S/C19H13ClN2O2/c20-12-6-7-16-13(8-12)18-15(10-23-16)17(11-4-2-1-3-5-11)14(9-21)19(22)24-18/h1-8,17H,10,22H2/t17-/m1/s1. The lowest BCUT2D eigenvalue weighted by Crippen LogP contribution is -2.26. The van der Waals surface area contributed by atoms with Crippen molar-refractivity contribution < 1.29 is 9.47 Å². The predicted octanol–water partition coefficient (Wildman–Crippen LogP) is 3.95. The highest BCUT2D eigenvalue weighted by Gasteiger charge is 2.36. The van der Waals surface area contributed by atoms with Crippen LogP contribution in [0.3, 0.4) is 0 Å². The fourth-order valence-electron chi connectivity index (χ4n) is 3.15. The van der Waals surface area contributed by atoms with Crippen LogP contribution in [-0.4, -0.2) is 6.61 Å². The van der Waals surface area contributed by atoms with Crippen LogP contribution in [0.25, 0.3) is 5.76 Å². The average Bonchev–Trinajstić information content (AvgIpc) is 2.61. The summed E-state index contributed by atoms with van der Waals surface area (Å²) < 4.78 is 11.7. The number of halogens is 1. The van der Waals surface area contributed by atoms with Gasteiger partial charge in [-0.2, -0.15) is 5.26 Å². The van der Waals surface area contributed by atoms with Crippen LogP contribution in [0.15, 0.2) is 65.6 Å². The molecule has 0 bridgehead atoms. The van der Waals surface area contributed by atoms with E-state index in [2.05, 4.69) is 6.07 Å². The van der Waals surface area contributed by atoms with Crippen molar-refractivity contribution in [3.8, 4) is 11.8 Å². The van der Waals surface area contributed by atoms with Gasteiger partial charge in [-0.15, -0.1) is 0 Å². The molecule has 2 aromatic rings. The Kier molecular flexibility index (Phi) is 3.44. The molecule has 0 amide bonds. The number of nitriles is 1. The van der Waals surface area contributed by atoms with Gasteiger partial charge in [-0.3, -0.25) is 0 Å². The summed E-state index contributed by atoms with van der Waals surface area (Å²) in [6.07, 6.45) is 0. The largest absolute Gasteiger partial charge is 0.488 e. The summed E-state index contributed by atoms with van der Waals surface area (Å²) in [6.45, 7) is 0.335. The van der Waals surface area contributed by atoms with Crippen LogP contribution in [0.4, 0.5) is 0 Å². The van der Waals surface area contributed by atoms with Gasteiger partial charge >= 0.3 is 0 Å². The molecule has 0 saturated heterocycles. The first-order valence-corrected chi connectivity index (χ1v) is 7.85. The van der Waals surface area contributed by atoms with Gasteiger partial charge in [0.1, 0.15) is 29.8 Å². The zero-order valence-electron chi connectivity index (χ0n) is 12.6. The first-order valence-electron chi connectivity index (χ1n) is 7.47. The molecule has 2 N–H and O–H groups in total. The second-order valence-electron chi connectivity index (χ2n) is 5.62. The van der Waals surface area contributed by atoms with E-state index in [9.17, 15) is 5.26 Å². The van der Waals surface area contributed by atoms with E-state index in [4.69, 9.17) is 26.8 Å². The van der Waals surface area contributed by atoms with E-state index in [1.54, 1.807) is 12.1 Å². The number of benzene rings is 2. The molecule has 0 aliphatic carbocycles. The lowest BCUT2D eigenvalue weighted by molar-refractivity contribution is 0.294. The molecule has 0 saturated carbocycles. The van der Waals surface area contributed by atoms with Gasteiger partial charge in [0.2, 0.25) is 5.88 Å². The Labute approximate surface area is 144 Å². The lowest BCUT2D eigenvalue weighted by Gasteiger charge is -2.33. The van der Waals surface area contributed by atoms with Gasteiger partial charge in [0.15, 0.2) is 0 Å². The highest BCUT2D eigenvalue weighted by atomic mass is 35.5. The third-order valence-corrected chi connectivity index (χ3v) is 4.46. The molecule has 0 spiro atoms. The van der Waals surface area contributed by atoms with Gasteiger partial charge < -0.3 is 15.2 Å². The smallest absolute Gasteiger partial charge is 0.205 e. The molecule has 4 rings (SSSR count). The quantitative estimate of drug-likeness (QED) is 0.856. The van der Waals surface area contributed by atoms with Gasteiger partial charge in [0, 0.05) is 10.6 Å². The fraction of sp³-hybridized carbons (Fsp3) is 0.105. The molecule has 0 aromatic heterocycles. The van der Waals surface area contributed by atoms with E-state index >= 15 is 0 Å². The molecule has 0 fully saturated rings. The first kappa shape index (κ1) is 14.7. The van der Waals surface area contributed by atoms with Gasteiger partial charge in [-0.1, -0.05) is 41.9 Å². The summed E-state index contributed by atoms with van der Waals surface area (Å²) in [5.74, 6) is 1.16. The monoisotopic (exact) mass is 336 g/mol. The van der Waals surface area contributed by atoms with E-state index in [0.29, 0.717) is 28.7 Å². The molecule has 2 aliphatic heterocycles. The van der Waals surface area contributed by atoms with Gasteiger partial charge in [-0.05, 0) is 23.8 Å². The van der Waals surface area contributed by atoms with Crippen molar-refractivity contribution in [3.05, 3.63) is 81.7 Å². The third kappa shape index (κ3) is 2.22. The summed E-state index contributed by atoms with van der Waals surface area (Å²) in [5, 5.41) is 10.2. The van der Waals surface area contributed by atoms with Crippen molar-refractivity contribution in [3.63, 3.8) is 0 Å². The van der Waals surface area contributed by atoms with Gasteiger partial charge in [0.25, 0.3) is 0 Å². The van der Waals surface area contributed by atoms with Crippen molar-refractivity contribution in [1.29, 1.82) is 5.26 Å². The maximum atomic E-state index is 9.57. The molecule has 118 valence electrons. The van der Waals surface area contributed by atoms with Crippen molar-refractivity contribution in [1.82, 2.24) is 0 Å². The Hall–Kier alpha value is -2.90. The normalized spacial score (nSPS) is 18.9. The van der Waals surface area contributed by atoms with Crippen LogP contribution in [0.5, 0.6) is 5.75 Å². The Morgan fingerprint density at radius 2 is 1.96 bits per heavy atom. The highest BCUT2D eigenvalue weighted by molar-refractivity contribution is 6.30. The highest BCUT2D eigenvalue weighted by Crippen LogP contribution is 2.46. The van der Waals surface area contributed by atoms with E-state index in [1.807, 2.05) is 36.4 Å².